The van der Waals surface area contributed by atoms with E-state index in [1.54, 1.807) is 18.2 Å². The van der Waals surface area contributed by atoms with Crippen LogP contribution in [0.2, 0.25) is 4.34 Å². The number of hydrogen-bond donors (Lipinski definition) is 1. The lowest BCUT2D eigenvalue weighted by Crippen LogP contribution is -2.18. The quantitative estimate of drug-likeness (QED) is 0.684. The summed E-state index contributed by atoms with van der Waals surface area (Å²) in [6, 6.07) is 8.59. The van der Waals surface area contributed by atoms with Crippen LogP contribution in [-0.2, 0) is 6.54 Å². The van der Waals surface area contributed by atoms with Crippen LogP contribution in [0.5, 0.6) is 5.75 Å². The van der Waals surface area contributed by atoms with Crippen molar-refractivity contribution in [1.82, 2.24) is 5.32 Å². The van der Waals surface area contributed by atoms with Crippen LogP contribution < -0.4 is 10.1 Å². The Morgan fingerprint density at radius 2 is 2.10 bits per heavy atom. The summed E-state index contributed by atoms with van der Waals surface area (Å²) in [5.41, 5.74) is 0.694. The van der Waals surface area contributed by atoms with Crippen molar-refractivity contribution >= 4 is 38.9 Å². The van der Waals surface area contributed by atoms with Gasteiger partial charge in [-0.1, -0.05) is 29.8 Å². The molecule has 1 atom stereocenters. The van der Waals surface area contributed by atoms with E-state index < -0.39 is 6.61 Å². The van der Waals surface area contributed by atoms with E-state index in [-0.39, 0.29) is 11.8 Å². The standard InChI is InChI=1S/C14H13BrClF2NOS/c1-8(19-7-9-6-11(15)13(16)21-9)10-4-2-3-5-12(10)20-14(17)18/h2-6,8,14,19H,7H2,1H3. The Balaban J connectivity index is 2.04. The molecule has 0 aliphatic rings. The van der Waals surface area contributed by atoms with Gasteiger partial charge in [-0.15, -0.1) is 11.3 Å². The lowest BCUT2D eigenvalue weighted by molar-refractivity contribution is -0.0506. The highest BCUT2D eigenvalue weighted by atomic mass is 79.9. The second-order valence-electron chi connectivity index (χ2n) is 4.35. The van der Waals surface area contributed by atoms with Gasteiger partial charge in [-0.3, -0.25) is 0 Å². The lowest BCUT2D eigenvalue weighted by Gasteiger charge is -2.17. The summed E-state index contributed by atoms with van der Waals surface area (Å²) in [4.78, 5) is 1.06. The van der Waals surface area contributed by atoms with E-state index in [9.17, 15) is 8.78 Å². The van der Waals surface area contributed by atoms with Crippen LogP contribution in [0.15, 0.2) is 34.8 Å². The number of para-hydroxylation sites is 1. The van der Waals surface area contributed by atoms with Gasteiger partial charge in [0.2, 0.25) is 0 Å². The molecule has 0 amide bonds. The summed E-state index contributed by atoms with van der Waals surface area (Å²) < 4.78 is 30.9. The molecule has 0 bridgehead atoms. The average molecular weight is 397 g/mol. The summed E-state index contributed by atoms with van der Waals surface area (Å²) >= 11 is 10.8. The van der Waals surface area contributed by atoms with E-state index in [4.69, 9.17) is 11.6 Å². The topological polar surface area (TPSA) is 21.3 Å². The summed E-state index contributed by atoms with van der Waals surface area (Å²) in [5, 5.41) is 3.28. The van der Waals surface area contributed by atoms with Crippen LogP contribution in [0.1, 0.15) is 23.4 Å². The minimum atomic E-state index is -2.83. The van der Waals surface area contributed by atoms with Gasteiger partial charge in [0.25, 0.3) is 0 Å². The predicted molar refractivity (Wildman–Crippen MR) is 85.4 cm³/mol. The highest BCUT2D eigenvalue weighted by molar-refractivity contribution is 9.10. The third-order valence-electron chi connectivity index (χ3n) is 2.88. The van der Waals surface area contributed by atoms with Gasteiger partial charge in [0, 0.05) is 27.5 Å². The maximum absolute atomic E-state index is 12.4. The monoisotopic (exact) mass is 395 g/mol. The van der Waals surface area contributed by atoms with Crippen molar-refractivity contribution in [1.29, 1.82) is 0 Å². The number of halogens is 4. The van der Waals surface area contributed by atoms with E-state index in [1.165, 1.54) is 17.4 Å². The molecular formula is C14H13BrClF2NOS. The first-order valence-electron chi connectivity index (χ1n) is 6.18. The summed E-state index contributed by atoms with van der Waals surface area (Å²) in [5.74, 6) is 0.192. The minimum Gasteiger partial charge on any atom is -0.434 e. The molecule has 1 heterocycles. The molecule has 1 unspecified atom stereocenters. The van der Waals surface area contributed by atoms with Crippen LogP contribution in [0.3, 0.4) is 0 Å². The van der Waals surface area contributed by atoms with E-state index in [0.717, 1.165) is 9.35 Å². The number of benzene rings is 1. The molecule has 2 aromatic rings. The second kappa shape index (κ2) is 7.54. The summed E-state index contributed by atoms with van der Waals surface area (Å²) in [7, 11) is 0. The first kappa shape index (κ1) is 16.7. The van der Waals surface area contributed by atoms with Crippen LogP contribution in [0.4, 0.5) is 8.78 Å². The molecular weight excluding hydrogens is 384 g/mol. The van der Waals surface area contributed by atoms with Gasteiger partial charge >= 0.3 is 6.61 Å². The number of nitrogens with one attached hydrogen (secondary N) is 1. The van der Waals surface area contributed by atoms with Gasteiger partial charge in [-0.25, -0.2) is 0 Å². The molecule has 2 rings (SSSR count). The van der Waals surface area contributed by atoms with Crippen molar-refractivity contribution in [2.24, 2.45) is 0 Å². The molecule has 1 aromatic carbocycles. The minimum absolute atomic E-state index is 0.125. The smallest absolute Gasteiger partial charge is 0.387 e. The van der Waals surface area contributed by atoms with Gasteiger partial charge in [0.15, 0.2) is 0 Å². The van der Waals surface area contributed by atoms with Crippen molar-refractivity contribution in [3.8, 4) is 5.75 Å². The molecule has 21 heavy (non-hydrogen) atoms. The van der Waals surface area contributed by atoms with Crippen LogP contribution in [0.25, 0.3) is 0 Å². The third-order valence-corrected chi connectivity index (χ3v) is 5.35. The Morgan fingerprint density at radius 3 is 2.71 bits per heavy atom. The Labute approximate surface area is 139 Å². The SMILES string of the molecule is CC(NCc1cc(Br)c(Cl)s1)c1ccccc1OC(F)F. The largest absolute Gasteiger partial charge is 0.434 e. The molecule has 0 aliphatic carbocycles. The molecule has 0 spiro atoms. The Hall–Kier alpha value is -0.690. The number of rotatable bonds is 6. The van der Waals surface area contributed by atoms with E-state index in [1.807, 2.05) is 13.0 Å². The maximum atomic E-state index is 12.4. The Kier molecular flexibility index (Phi) is 5.98. The van der Waals surface area contributed by atoms with Gasteiger partial charge in [0.1, 0.15) is 10.1 Å². The maximum Gasteiger partial charge on any atom is 0.387 e. The lowest BCUT2D eigenvalue weighted by atomic mass is 10.1. The van der Waals surface area contributed by atoms with Crippen molar-refractivity contribution in [2.75, 3.05) is 0 Å². The normalized spacial score (nSPS) is 12.7. The van der Waals surface area contributed by atoms with Crippen molar-refractivity contribution < 1.29 is 13.5 Å². The number of hydrogen-bond acceptors (Lipinski definition) is 3. The molecule has 2 nitrogen and oxygen atoms in total. The molecule has 0 saturated carbocycles. The fourth-order valence-corrected chi connectivity index (χ4v) is 3.63. The van der Waals surface area contributed by atoms with E-state index in [0.29, 0.717) is 16.4 Å². The highest BCUT2D eigenvalue weighted by Gasteiger charge is 2.14. The average Bonchev–Trinajstić information content (AvgIpc) is 2.75. The van der Waals surface area contributed by atoms with Gasteiger partial charge in [-0.2, -0.15) is 8.78 Å². The van der Waals surface area contributed by atoms with Crippen LogP contribution >= 0.6 is 38.9 Å². The molecule has 1 N–H and O–H groups in total. The Bertz CT molecular complexity index is 589. The fraction of sp³-hybridized carbons (Fsp3) is 0.286. The molecule has 7 heteroatoms. The molecule has 0 saturated heterocycles. The number of alkyl halides is 2. The van der Waals surface area contributed by atoms with Gasteiger partial charge in [0.05, 0.1) is 0 Å². The second-order valence-corrected chi connectivity index (χ2v) is 6.95. The molecule has 114 valence electrons. The predicted octanol–water partition coefficient (Wildman–Crippen LogP) is 5.62. The third kappa shape index (κ3) is 4.64. The van der Waals surface area contributed by atoms with E-state index in [2.05, 4.69) is 26.0 Å². The molecule has 0 fully saturated rings. The number of ether oxygens (including phenoxy) is 1. The first-order valence-corrected chi connectivity index (χ1v) is 8.17. The molecule has 0 radical (unpaired) electrons. The molecule has 1 aromatic heterocycles. The van der Waals surface area contributed by atoms with Crippen molar-refractivity contribution in [3.05, 3.63) is 49.6 Å². The zero-order valence-corrected chi connectivity index (χ0v) is 14.2. The zero-order chi connectivity index (χ0) is 15.4. The van der Waals surface area contributed by atoms with Crippen molar-refractivity contribution in [2.45, 2.75) is 26.1 Å². The highest BCUT2D eigenvalue weighted by Crippen LogP contribution is 2.32. The zero-order valence-electron chi connectivity index (χ0n) is 11.1. The van der Waals surface area contributed by atoms with Gasteiger partial charge < -0.3 is 10.1 Å². The van der Waals surface area contributed by atoms with Gasteiger partial charge in [-0.05, 0) is 35.0 Å². The van der Waals surface area contributed by atoms with E-state index >= 15 is 0 Å². The van der Waals surface area contributed by atoms with Crippen molar-refractivity contribution in [3.63, 3.8) is 0 Å². The molecule has 0 aliphatic heterocycles. The number of thiophene rings is 1. The van der Waals surface area contributed by atoms with Crippen LogP contribution in [-0.4, -0.2) is 6.61 Å². The fourth-order valence-electron chi connectivity index (χ4n) is 1.88. The Morgan fingerprint density at radius 1 is 1.38 bits per heavy atom. The summed E-state index contributed by atoms with van der Waals surface area (Å²) in [6.45, 7) is -0.330. The summed E-state index contributed by atoms with van der Waals surface area (Å²) in [6.07, 6.45) is 0. The first-order chi connectivity index (χ1) is 9.97. The van der Waals surface area contributed by atoms with Crippen LogP contribution in [0, 0.1) is 0 Å².